The average Bonchev–Trinajstić information content (AvgIpc) is 2.46. The van der Waals surface area contributed by atoms with Crippen molar-refractivity contribution in [1.29, 1.82) is 0 Å². The molecule has 2 aromatic rings. The van der Waals surface area contributed by atoms with Gasteiger partial charge in [0, 0.05) is 21.5 Å². The molecule has 72 valence electrons. The quantitative estimate of drug-likeness (QED) is 0.499. The topological polar surface area (TPSA) is 63.4 Å². The van der Waals surface area contributed by atoms with Gasteiger partial charge in [0.1, 0.15) is 5.75 Å². The predicted molar refractivity (Wildman–Crippen MR) is 62.9 cm³/mol. The van der Waals surface area contributed by atoms with Crippen LogP contribution in [0.25, 0.3) is 10.1 Å². The molecular weight excluding hydrogens is 317 g/mol. The van der Waals surface area contributed by atoms with Crippen molar-refractivity contribution in [2.45, 2.75) is 0 Å². The Morgan fingerprint density at radius 1 is 1.50 bits per heavy atom. The molecule has 2 rings (SSSR count). The van der Waals surface area contributed by atoms with Crippen LogP contribution in [-0.4, -0.2) is 10.0 Å². The summed E-state index contributed by atoms with van der Waals surface area (Å²) in [5, 5.41) is 22.3. The molecule has 0 saturated carbocycles. The molecule has 0 amide bonds. The largest absolute Gasteiger partial charge is 0.506 e. The summed E-state index contributed by atoms with van der Waals surface area (Å²) < 4.78 is 1.27. The second-order valence-corrected chi connectivity index (χ2v) is 4.75. The summed E-state index contributed by atoms with van der Waals surface area (Å²) >= 11 is 3.19. The summed E-state index contributed by atoms with van der Waals surface area (Å²) in [6.07, 6.45) is 0. The van der Waals surface area contributed by atoms with Gasteiger partial charge in [-0.25, -0.2) is 0 Å². The van der Waals surface area contributed by atoms with Gasteiger partial charge in [0.15, 0.2) is 0 Å². The Balaban J connectivity index is 2.79. The highest BCUT2D eigenvalue weighted by atomic mass is 127. The van der Waals surface area contributed by atoms with Gasteiger partial charge in [0.25, 0.3) is 5.69 Å². The number of thiophene rings is 1. The van der Waals surface area contributed by atoms with Crippen molar-refractivity contribution in [2.75, 3.05) is 0 Å². The molecule has 4 nitrogen and oxygen atoms in total. The van der Waals surface area contributed by atoms with E-state index >= 15 is 0 Å². The van der Waals surface area contributed by atoms with Crippen LogP contribution in [0.4, 0.5) is 5.69 Å². The van der Waals surface area contributed by atoms with Crippen molar-refractivity contribution in [2.24, 2.45) is 0 Å². The normalized spacial score (nSPS) is 10.6. The zero-order valence-electron chi connectivity index (χ0n) is 6.73. The van der Waals surface area contributed by atoms with Crippen molar-refractivity contribution in [3.05, 3.63) is 31.2 Å². The molecule has 14 heavy (non-hydrogen) atoms. The Bertz CT molecular complexity index is 523. The monoisotopic (exact) mass is 321 g/mol. The smallest absolute Gasteiger partial charge is 0.284 e. The summed E-state index contributed by atoms with van der Waals surface area (Å²) in [6.45, 7) is 0. The highest BCUT2D eigenvalue weighted by Gasteiger charge is 2.15. The van der Waals surface area contributed by atoms with E-state index in [1.54, 1.807) is 11.4 Å². The van der Waals surface area contributed by atoms with E-state index in [0.717, 1.165) is 4.70 Å². The number of nitrogens with zero attached hydrogens (tertiary/aromatic N) is 1. The average molecular weight is 321 g/mol. The maximum absolute atomic E-state index is 10.6. The number of nitro groups is 1. The van der Waals surface area contributed by atoms with Crippen LogP contribution in [0.1, 0.15) is 0 Å². The van der Waals surface area contributed by atoms with Crippen molar-refractivity contribution >= 4 is 49.7 Å². The number of halogens is 1. The Morgan fingerprint density at radius 3 is 2.86 bits per heavy atom. The number of rotatable bonds is 1. The number of benzene rings is 1. The van der Waals surface area contributed by atoms with Crippen LogP contribution >= 0.6 is 33.9 Å². The third-order valence-electron chi connectivity index (χ3n) is 1.82. The summed E-state index contributed by atoms with van der Waals surface area (Å²) in [6, 6.07) is 3.11. The lowest BCUT2D eigenvalue weighted by Crippen LogP contribution is -1.90. The molecule has 1 N–H and O–H groups in total. The van der Waals surface area contributed by atoms with Gasteiger partial charge in [-0.3, -0.25) is 10.1 Å². The predicted octanol–water partition coefficient (Wildman–Crippen LogP) is 3.12. The minimum absolute atomic E-state index is 0.0833. The Kier molecular flexibility index (Phi) is 2.31. The molecule has 0 bridgehead atoms. The molecule has 1 heterocycles. The van der Waals surface area contributed by atoms with Gasteiger partial charge in [-0.1, -0.05) is 0 Å². The molecule has 0 aliphatic heterocycles. The van der Waals surface area contributed by atoms with Gasteiger partial charge < -0.3 is 5.11 Å². The molecule has 1 aromatic heterocycles. The van der Waals surface area contributed by atoms with E-state index in [9.17, 15) is 15.2 Å². The standard InChI is InChI=1S/C8H4INO3S/c9-5-1-4-7(11)3-14-8(4)2-6(5)10(12)13/h1-3,11H. The van der Waals surface area contributed by atoms with Gasteiger partial charge in [-0.15, -0.1) is 11.3 Å². The number of hydrogen-bond acceptors (Lipinski definition) is 4. The molecule has 0 radical (unpaired) electrons. The molecule has 0 fully saturated rings. The second-order valence-electron chi connectivity index (χ2n) is 2.68. The molecule has 1 aromatic carbocycles. The maximum atomic E-state index is 10.6. The SMILES string of the molecule is O=[N+]([O-])c1cc2scc(O)c2cc1I. The van der Waals surface area contributed by atoms with Gasteiger partial charge in [-0.05, 0) is 28.7 Å². The van der Waals surface area contributed by atoms with Crippen LogP contribution in [0.5, 0.6) is 5.75 Å². The fraction of sp³-hybridized carbons (Fsp3) is 0. The first kappa shape index (κ1) is 9.66. The van der Waals surface area contributed by atoms with E-state index in [4.69, 9.17) is 0 Å². The molecule has 0 aliphatic carbocycles. The number of nitro benzene ring substituents is 1. The Labute approximate surface area is 96.5 Å². The van der Waals surface area contributed by atoms with Crippen LogP contribution in [0.3, 0.4) is 0 Å². The van der Waals surface area contributed by atoms with E-state index in [0.29, 0.717) is 8.96 Å². The molecule has 0 aliphatic rings. The number of fused-ring (bicyclic) bond motifs is 1. The lowest BCUT2D eigenvalue weighted by atomic mass is 10.2. The lowest BCUT2D eigenvalue weighted by molar-refractivity contribution is -0.385. The first-order valence-electron chi connectivity index (χ1n) is 3.63. The highest BCUT2D eigenvalue weighted by molar-refractivity contribution is 14.1. The van der Waals surface area contributed by atoms with Gasteiger partial charge in [-0.2, -0.15) is 0 Å². The molecule has 6 heteroatoms. The third-order valence-corrected chi connectivity index (χ3v) is 3.62. The van der Waals surface area contributed by atoms with Crippen LogP contribution in [-0.2, 0) is 0 Å². The van der Waals surface area contributed by atoms with Crippen LogP contribution < -0.4 is 0 Å². The minimum Gasteiger partial charge on any atom is -0.506 e. The number of aromatic hydroxyl groups is 1. The summed E-state index contributed by atoms with van der Waals surface area (Å²) in [7, 11) is 0. The second kappa shape index (κ2) is 3.35. The molecule has 0 atom stereocenters. The van der Waals surface area contributed by atoms with E-state index in [1.807, 2.05) is 22.6 Å². The highest BCUT2D eigenvalue weighted by Crippen LogP contribution is 2.36. The summed E-state index contributed by atoms with van der Waals surface area (Å²) in [4.78, 5) is 10.2. The van der Waals surface area contributed by atoms with E-state index in [2.05, 4.69) is 0 Å². The molecule has 0 unspecified atom stereocenters. The first-order chi connectivity index (χ1) is 6.59. The van der Waals surface area contributed by atoms with Gasteiger partial charge >= 0.3 is 0 Å². The van der Waals surface area contributed by atoms with Gasteiger partial charge in [0.2, 0.25) is 0 Å². The Hall–Kier alpha value is -0.890. The molecule has 0 saturated heterocycles. The Morgan fingerprint density at radius 2 is 2.21 bits per heavy atom. The molecule has 0 spiro atoms. The van der Waals surface area contributed by atoms with Crippen LogP contribution in [0.2, 0.25) is 0 Å². The summed E-state index contributed by atoms with van der Waals surface area (Å²) in [5.74, 6) is 0.179. The maximum Gasteiger partial charge on any atom is 0.284 e. The fourth-order valence-electron chi connectivity index (χ4n) is 1.16. The van der Waals surface area contributed by atoms with Crippen LogP contribution in [0, 0.1) is 13.7 Å². The zero-order chi connectivity index (χ0) is 10.3. The van der Waals surface area contributed by atoms with E-state index in [-0.39, 0.29) is 11.4 Å². The zero-order valence-corrected chi connectivity index (χ0v) is 9.70. The van der Waals surface area contributed by atoms with Crippen LogP contribution in [0.15, 0.2) is 17.5 Å². The van der Waals surface area contributed by atoms with E-state index < -0.39 is 4.92 Å². The van der Waals surface area contributed by atoms with E-state index in [1.165, 1.54) is 17.4 Å². The van der Waals surface area contributed by atoms with Crippen molar-refractivity contribution in [3.8, 4) is 5.75 Å². The summed E-state index contributed by atoms with van der Waals surface area (Å²) in [5.41, 5.74) is 0.0833. The van der Waals surface area contributed by atoms with Crippen molar-refractivity contribution in [1.82, 2.24) is 0 Å². The number of hydrogen-bond donors (Lipinski definition) is 1. The fourth-order valence-corrected chi connectivity index (χ4v) is 2.66. The minimum atomic E-state index is -0.419. The molecular formula is C8H4INO3S. The van der Waals surface area contributed by atoms with Crippen molar-refractivity contribution < 1.29 is 10.0 Å². The van der Waals surface area contributed by atoms with Crippen molar-refractivity contribution in [3.63, 3.8) is 0 Å². The lowest BCUT2D eigenvalue weighted by Gasteiger charge is -1.96. The van der Waals surface area contributed by atoms with Gasteiger partial charge in [0.05, 0.1) is 8.49 Å². The first-order valence-corrected chi connectivity index (χ1v) is 5.59. The third kappa shape index (κ3) is 1.44.